The van der Waals surface area contributed by atoms with E-state index in [1.165, 1.54) is 12.1 Å². The Balaban J connectivity index is 1.93. The van der Waals surface area contributed by atoms with Crippen LogP contribution in [0.5, 0.6) is 0 Å². The van der Waals surface area contributed by atoms with Gasteiger partial charge in [0.25, 0.3) is 0 Å². The van der Waals surface area contributed by atoms with Gasteiger partial charge in [0, 0.05) is 35.8 Å². The Morgan fingerprint density at radius 2 is 2.05 bits per heavy atom. The summed E-state index contributed by atoms with van der Waals surface area (Å²) >= 11 is 6.10. The monoisotopic (exact) mass is 304 g/mol. The van der Waals surface area contributed by atoms with E-state index in [1.807, 2.05) is 24.3 Å². The zero-order chi connectivity index (χ0) is 14.8. The summed E-state index contributed by atoms with van der Waals surface area (Å²) in [4.78, 5) is 2.16. The van der Waals surface area contributed by atoms with Gasteiger partial charge in [-0.05, 0) is 23.8 Å². The van der Waals surface area contributed by atoms with Crippen molar-refractivity contribution in [3.63, 3.8) is 0 Å². The van der Waals surface area contributed by atoms with Crippen LogP contribution in [0.25, 0.3) is 0 Å². The first-order valence-corrected chi connectivity index (χ1v) is 7.06. The van der Waals surface area contributed by atoms with Gasteiger partial charge in [0.1, 0.15) is 5.82 Å². The van der Waals surface area contributed by atoms with Gasteiger partial charge in [-0.2, -0.15) is 0 Å². The third-order valence-electron chi connectivity index (χ3n) is 3.67. The van der Waals surface area contributed by atoms with Crippen molar-refractivity contribution in [3.8, 4) is 0 Å². The highest BCUT2D eigenvalue weighted by Gasteiger charge is 2.22. The third kappa shape index (κ3) is 2.72. The van der Waals surface area contributed by atoms with Gasteiger partial charge in [-0.1, -0.05) is 41.0 Å². The Morgan fingerprint density at radius 3 is 2.81 bits per heavy atom. The van der Waals surface area contributed by atoms with Crippen LogP contribution in [0.1, 0.15) is 17.5 Å². The summed E-state index contributed by atoms with van der Waals surface area (Å²) in [7, 11) is 0. The molecule has 0 spiro atoms. The smallest absolute Gasteiger partial charge is 0.124 e. The van der Waals surface area contributed by atoms with Crippen molar-refractivity contribution >= 4 is 23.0 Å². The first-order valence-electron chi connectivity index (χ1n) is 6.68. The first-order chi connectivity index (χ1) is 10.2. The van der Waals surface area contributed by atoms with Crippen LogP contribution >= 0.6 is 11.6 Å². The van der Waals surface area contributed by atoms with E-state index < -0.39 is 0 Å². The number of para-hydroxylation sites is 1. The lowest BCUT2D eigenvalue weighted by molar-refractivity contribution is 0.317. The van der Waals surface area contributed by atoms with Gasteiger partial charge in [0.15, 0.2) is 0 Å². The molecule has 0 aliphatic carbocycles. The SMILES string of the molecule is ON=C1CCN(Cc2ccc(F)cc2Cl)c2ccccc21. The van der Waals surface area contributed by atoms with Gasteiger partial charge in [-0.15, -0.1) is 0 Å². The maximum Gasteiger partial charge on any atom is 0.124 e. The molecule has 0 unspecified atom stereocenters. The van der Waals surface area contributed by atoms with E-state index in [2.05, 4.69) is 10.1 Å². The second-order valence-electron chi connectivity index (χ2n) is 4.97. The van der Waals surface area contributed by atoms with Crippen molar-refractivity contribution in [3.05, 3.63) is 64.4 Å². The van der Waals surface area contributed by atoms with Gasteiger partial charge in [0.05, 0.1) is 5.71 Å². The maximum absolute atomic E-state index is 13.1. The molecule has 0 fully saturated rings. The summed E-state index contributed by atoms with van der Waals surface area (Å²) in [6.45, 7) is 1.32. The maximum atomic E-state index is 13.1. The zero-order valence-corrected chi connectivity index (χ0v) is 12.0. The molecule has 0 atom stereocenters. The molecule has 0 bridgehead atoms. The molecule has 3 rings (SSSR count). The molecule has 0 saturated heterocycles. The lowest BCUT2D eigenvalue weighted by Crippen LogP contribution is -2.32. The van der Waals surface area contributed by atoms with Crippen LogP contribution in [0, 0.1) is 5.82 Å². The molecule has 2 aromatic carbocycles. The van der Waals surface area contributed by atoms with Gasteiger partial charge >= 0.3 is 0 Å². The van der Waals surface area contributed by atoms with E-state index in [9.17, 15) is 4.39 Å². The Bertz CT molecular complexity index is 702. The van der Waals surface area contributed by atoms with E-state index in [0.29, 0.717) is 23.7 Å². The second kappa shape index (κ2) is 5.74. The minimum absolute atomic E-state index is 0.336. The fraction of sp³-hybridized carbons (Fsp3) is 0.188. The standard InChI is InChI=1S/C16H14ClFN2O/c17-14-9-12(18)6-5-11(14)10-20-8-7-15(19-21)13-3-1-2-4-16(13)20/h1-6,9,21H,7-8,10H2. The Hall–Kier alpha value is -2.07. The van der Waals surface area contributed by atoms with Crippen LogP contribution in [-0.4, -0.2) is 17.5 Å². The van der Waals surface area contributed by atoms with Gasteiger partial charge < -0.3 is 10.1 Å². The van der Waals surface area contributed by atoms with Crippen molar-refractivity contribution in [2.24, 2.45) is 5.16 Å². The number of benzene rings is 2. The minimum Gasteiger partial charge on any atom is -0.411 e. The fourth-order valence-electron chi connectivity index (χ4n) is 2.61. The molecule has 5 heteroatoms. The van der Waals surface area contributed by atoms with E-state index in [4.69, 9.17) is 16.8 Å². The van der Waals surface area contributed by atoms with Crippen molar-refractivity contribution in [1.29, 1.82) is 0 Å². The summed E-state index contributed by atoms with van der Waals surface area (Å²) in [6, 6.07) is 12.2. The minimum atomic E-state index is -0.336. The fourth-order valence-corrected chi connectivity index (χ4v) is 2.84. The van der Waals surface area contributed by atoms with Crippen LogP contribution in [-0.2, 0) is 6.54 Å². The predicted molar refractivity (Wildman–Crippen MR) is 81.8 cm³/mol. The van der Waals surface area contributed by atoms with Crippen molar-refractivity contribution < 1.29 is 9.60 Å². The lowest BCUT2D eigenvalue weighted by Gasteiger charge is -2.31. The molecule has 0 amide bonds. The number of fused-ring (bicyclic) bond motifs is 1. The Labute approximate surface area is 127 Å². The molecule has 1 aliphatic heterocycles. The second-order valence-corrected chi connectivity index (χ2v) is 5.38. The highest BCUT2D eigenvalue weighted by atomic mass is 35.5. The zero-order valence-electron chi connectivity index (χ0n) is 11.3. The molecule has 1 N–H and O–H groups in total. The molecule has 3 nitrogen and oxygen atoms in total. The average molecular weight is 305 g/mol. The first kappa shape index (κ1) is 13.9. The van der Waals surface area contributed by atoms with Crippen molar-refractivity contribution in [1.82, 2.24) is 0 Å². The molecule has 2 aromatic rings. The van der Waals surface area contributed by atoms with Crippen molar-refractivity contribution in [2.45, 2.75) is 13.0 Å². The van der Waals surface area contributed by atoms with Gasteiger partial charge in [0.2, 0.25) is 0 Å². The van der Waals surface area contributed by atoms with E-state index in [-0.39, 0.29) is 5.82 Å². The summed E-state index contributed by atoms with van der Waals surface area (Å²) in [5.74, 6) is -0.336. The number of halogens is 2. The van der Waals surface area contributed by atoms with Gasteiger partial charge in [-0.25, -0.2) is 4.39 Å². The summed E-state index contributed by atoms with van der Waals surface area (Å²) in [6.07, 6.45) is 0.659. The molecular formula is C16H14ClFN2O. The van der Waals surface area contributed by atoms with Crippen LogP contribution in [0.2, 0.25) is 5.02 Å². The normalized spacial score (nSPS) is 16.1. The highest BCUT2D eigenvalue weighted by molar-refractivity contribution is 6.31. The largest absolute Gasteiger partial charge is 0.411 e. The number of anilines is 1. The molecule has 108 valence electrons. The molecule has 1 aliphatic rings. The van der Waals surface area contributed by atoms with E-state index in [0.717, 1.165) is 23.4 Å². The van der Waals surface area contributed by atoms with Crippen LogP contribution < -0.4 is 4.90 Å². The molecular weight excluding hydrogens is 291 g/mol. The number of rotatable bonds is 2. The summed E-state index contributed by atoms with van der Waals surface area (Å²) < 4.78 is 13.1. The van der Waals surface area contributed by atoms with E-state index in [1.54, 1.807) is 6.07 Å². The highest BCUT2D eigenvalue weighted by Crippen LogP contribution is 2.30. The topological polar surface area (TPSA) is 35.8 Å². The molecule has 0 saturated carbocycles. The predicted octanol–water partition coefficient (Wildman–Crippen LogP) is 4.07. The molecule has 1 heterocycles. The third-order valence-corrected chi connectivity index (χ3v) is 4.02. The summed E-state index contributed by atoms with van der Waals surface area (Å²) in [5, 5.41) is 12.9. The number of hydrogen-bond acceptors (Lipinski definition) is 3. The quantitative estimate of drug-likeness (QED) is 0.670. The molecule has 0 radical (unpaired) electrons. The Kier molecular flexibility index (Phi) is 3.80. The van der Waals surface area contributed by atoms with E-state index >= 15 is 0 Å². The molecule has 21 heavy (non-hydrogen) atoms. The van der Waals surface area contributed by atoms with Crippen molar-refractivity contribution in [2.75, 3.05) is 11.4 Å². The van der Waals surface area contributed by atoms with Crippen LogP contribution in [0.3, 0.4) is 0 Å². The molecule has 0 aromatic heterocycles. The number of nitrogens with zero attached hydrogens (tertiary/aromatic N) is 2. The van der Waals surface area contributed by atoms with Crippen LogP contribution in [0.15, 0.2) is 47.6 Å². The number of oxime groups is 1. The lowest BCUT2D eigenvalue weighted by atomic mass is 9.99. The van der Waals surface area contributed by atoms with Crippen LogP contribution in [0.4, 0.5) is 10.1 Å². The number of hydrogen-bond donors (Lipinski definition) is 1. The Morgan fingerprint density at radius 1 is 1.24 bits per heavy atom. The summed E-state index contributed by atoms with van der Waals surface area (Å²) in [5.41, 5.74) is 3.48. The van der Waals surface area contributed by atoms with Gasteiger partial charge in [-0.3, -0.25) is 0 Å². The average Bonchev–Trinajstić information content (AvgIpc) is 2.50.